The van der Waals surface area contributed by atoms with E-state index in [4.69, 9.17) is 5.84 Å². The molecule has 1 aliphatic carbocycles. The Morgan fingerprint density at radius 1 is 1.00 bits per heavy atom. The van der Waals surface area contributed by atoms with Crippen LogP contribution in [0.1, 0.15) is 19.3 Å². The largest absolute Gasteiger partial charge is 0.269 e. The highest BCUT2D eigenvalue weighted by Gasteiger charge is 2.34. The molecule has 2 rings (SSSR count). The van der Waals surface area contributed by atoms with E-state index >= 15 is 0 Å². The Morgan fingerprint density at radius 3 is 1.91 bits per heavy atom. The average molecular weight is 199 g/mol. The molecular weight excluding hydrogens is 183 g/mol. The summed E-state index contributed by atoms with van der Waals surface area (Å²) >= 11 is 0. The molecule has 2 unspecified atom stereocenters. The minimum absolute atomic E-state index is 0. The van der Waals surface area contributed by atoms with E-state index in [-0.39, 0.29) is 24.8 Å². The lowest BCUT2D eigenvalue weighted by Crippen LogP contribution is -2.28. The molecule has 4 heteroatoms. The van der Waals surface area contributed by atoms with Crippen LogP contribution in [0.4, 0.5) is 0 Å². The van der Waals surface area contributed by atoms with Crippen LogP contribution in [0, 0.1) is 11.8 Å². The summed E-state index contributed by atoms with van der Waals surface area (Å²) in [5.74, 6) is 7.57. The van der Waals surface area contributed by atoms with Crippen LogP contribution < -0.4 is 5.84 Å². The van der Waals surface area contributed by atoms with Gasteiger partial charge in [-0.3, -0.25) is 5.84 Å². The van der Waals surface area contributed by atoms with Crippen molar-refractivity contribution in [2.45, 2.75) is 19.3 Å². The van der Waals surface area contributed by atoms with E-state index in [1.165, 1.54) is 19.3 Å². The molecule has 0 aromatic carbocycles. The van der Waals surface area contributed by atoms with Crippen molar-refractivity contribution in [1.29, 1.82) is 0 Å². The number of hydrazine groups is 1. The highest BCUT2D eigenvalue weighted by atomic mass is 35.5. The summed E-state index contributed by atoms with van der Waals surface area (Å²) in [6.45, 7) is 2.31. The molecule has 0 amide bonds. The molecule has 0 radical (unpaired) electrons. The molecule has 0 aromatic heterocycles. The van der Waals surface area contributed by atoms with Crippen molar-refractivity contribution in [3.8, 4) is 0 Å². The molecule has 0 spiro atoms. The quantitative estimate of drug-likeness (QED) is 0.598. The van der Waals surface area contributed by atoms with Gasteiger partial charge in [0.2, 0.25) is 0 Å². The smallest absolute Gasteiger partial charge is 0.0160 e. The first-order valence-corrected chi connectivity index (χ1v) is 3.86. The van der Waals surface area contributed by atoms with E-state index in [1.54, 1.807) is 0 Å². The van der Waals surface area contributed by atoms with E-state index < -0.39 is 0 Å². The highest BCUT2D eigenvalue weighted by molar-refractivity contribution is 5.85. The van der Waals surface area contributed by atoms with Gasteiger partial charge in [-0.25, -0.2) is 5.01 Å². The molecule has 68 valence electrons. The van der Waals surface area contributed by atoms with Gasteiger partial charge in [-0.1, -0.05) is 6.42 Å². The topological polar surface area (TPSA) is 29.3 Å². The number of nitrogens with zero attached hydrogens (tertiary/aromatic N) is 1. The minimum Gasteiger partial charge on any atom is -0.269 e. The number of rotatable bonds is 0. The zero-order chi connectivity index (χ0) is 6.27. The summed E-state index contributed by atoms with van der Waals surface area (Å²) in [6, 6.07) is 0. The number of nitrogens with two attached hydrogens (primary N) is 1. The van der Waals surface area contributed by atoms with Gasteiger partial charge in [0.05, 0.1) is 0 Å². The Morgan fingerprint density at radius 2 is 1.45 bits per heavy atom. The second-order valence-corrected chi connectivity index (χ2v) is 3.40. The van der Waals surface area contributed by atoms with Crippen molar-refractivity contribution in [2.24, 2.45) is 17.7 Å². The first kappa shape index (κ1) is 11.5. The molecule has 2 fully saturated rings. The maximum atomic E-state index is 5.66. The summed E-state index contributed by atoms with van der Waals surface area (Å²) in [4.78, 5) is 0. The Bertz CT molecular complexity index is 109. The molecule has 2 aliphatic rings. The number of fused-ring (bicyclic) bond motifs is 1. The third-order valence-electron chi connectivity index (χ3n) is 2.75. The lowest BCUT2D eigenvalue weighted by atomic mass is 10.0. The fraction of sp³-hybridized carbons (Fsp3) is 1.00. The van der Waals surface area contributed by atoms with Crippen molar-refractivity contribution >= 4 is 24.8 Å². The fourth-order valence-corrected chi connectivity index (χ4v) is 2.27. The molecule has 1 saturated carbocycles. The monoisotopic (exact) mass is 198 g/mol. The predicted molar refractivity (Wildman–Crippen MR) is 51.1 cm³/mol. The molecule has 0 aromatic rings. The summed E-state index contributed by atoms with van der Waals surface area (Å²) in [5, 5.41) is 1.98. The van der Waals surface area contributed by atoms with Crippen LogP contribution in [0.5, 0.6) is 0 Å². The van der Waals surface area contributed by atoms with Crippen molar-refractivity contribution in [3.05, 3.63) is 0 Å². The molecule has 2 N–H and O–H groups in total. The van der Waals surface area contributed by atoms with Gasteiger partial charge in [0.1, 0.15) is 0 Å². The van der Waals surface area contributed by atoms with E-state index in [1.807, 2.05) is 5.01 Å². The summed E-state index contributed by atoms with van der Waals surface area (Å²) in [6.07, 6.45) is 4.31. The van der Waals surface area contributed by atoms with Crippen molar-refractivity contribution in [3.63, 3.8) is 0 Å². The third kappa shape index (κ3) is 2.22. The Balaban J connectivity index is 0.000000500. The first-order valence-electron chi connectivity index (χ1n) is 3.86. The molecule has 1 saturated heterocycles. The van der Waals surface area contributed by atoms with Crippen LogP contribution in [0.15, 0.2) is 0 Å². The lowest BCUT2D eigenvalue weighted by Gasteiger charge is -2.06. The second-order valence-electron chi connectivity index (χ2n) is 3.40. The maximum absolute atomic E-state index is 5.66. The van der Waals surface area contributed by atoms with Gasteiger partial charge in [0.25, 0.3) is 0 Å². The fourth-order valence-electron chi connectivity index (χ4n) is 2.27. The van der Waals surface area contributed by atoms with E-state index in [0.29, 0.717) is 0 Å². The minimum atomic E-state index is 0. The standard InChI is InChI=1S/C7H14N2.2ClH/c8-9-4-6-2-1-3-7(6)5-9;;/h6-7H,1-5,8H2;2*1H. The van der Waals surface area contributed by atoms with Gasteiger partial charge < -0.3 is 0 Å². The van der Waals surface area contributed by atoms with Gasteiger partial charge in [-0.15, -0.1) is 24.8 Å². The number of hydrogen-bond acceptors (Lipinski definition) is 2. The van der Waals surface area contributed by atoms with Gasteiger partial charge in [-0.2, -0.15) is 0 Å². The molecular formula is C7H16Cl2N2. The number of halogens is 2. The normalized spacial score (nSPS) is 35.7. The summed E-state index contributed by atoms with van der Waals surface area (Å²) in [5.41, 5.74) is 0. The van der Waals surface area contributed by atoms with Crippen molar-refractivity contribution in [2.75, 3.05) is 13.1 Å². The molecule has 2 nitrogen and oxygen atoms in total. The molecule has 2 atom stereocenters. The van der Waals surface area contributed by atoms with E-state index in [2.05, 4.69) is 0 Å². The van der Waals surface area contributed by atoms with Crippen LogP contribution in [-0.4, -0.2) is 18.1 Å². The Hall–Kier alpha value is 0.500. The zero-order valence-electron chi connectivity index (χ0n) is 6.53. The van der Waals surface area contributed by atoms with Gasteiger partial charge in [0.15, 0.2) is 0 Å². The van der Waals surface area contributed by atoms with E-state index in [0.717, 1.165) is 24.9 Å². The lowest BCUT2D eigenvalue weighted by molar-refractivity contribution is 0.324. The maximum Gasteiger partial charge on any atom is 0.0160 e. The highest BCUT2D eigenvalue weighted by Crippen LogP contribution is 2.36. The average Bonchev–Trinajstić information content (AvgIpc) is 2.22. The zero-order valence-corrected chi connectivity index (χ0v) is 8.16. The van der Waals surface area contributed by atoms with Gasteiger partial charge in [-0.05, 0) is 24.7 Å². The first-order chi connectivity index (χ1) is 4.36. The number of hydrogen-bond donors (Lipinski definition) is 1. The summed E-state index contributed by atoms with van der Waals surface area (Å²) in [7, 11) is 0. The predicted octanol–water partition coefficient (Wildman–Crippen LogP) is 1.44. The van der Waals surface area contributed by atoms with Crippen molar-refractivity contribution in [1.82, 2.24) is 5.01 Å². The second kappa shape index (κ2) is 4.51. The van der Waals surface area contributed by atoms with E-state index in [9.17, 15) is 0 Å². The Labute approximate surface area is 80.3 Å². The molecule has 11 heavy (non-hydrogen) atoms. The van der Waals surface area contributed by atoms with Crippen LogP contribution in [-0.2, 0) is 0 Å². The third-order valence-corrected chi connectivity index (χ3v) is 2.75. The molecule has 0 bridgehead atoms. The summed E-state index contributed by atoms with van der Waals surface area (Å²) < 4.78 is 0. The molecule has 1 aliphatic heterocycles. The van der Waals surface area contributed by atoms with Crippen molar-refractivity contribution < 1.29 is 0 Å². The SMILES string of the molecule is Cl.Cl.NN1CC2CCCC2C1. The van der Waals surface area contributed by atoms with Crippen LogP contribution in [0.2, 0.25) is 0 Å². The van der Waals surface area contributed by atoms with Gasteiger partial charge in [0, 0.05) is 13.1 Å². The Kier molecular flexibility index (Phi) is 4.71. The van der Waals surface area contributed by atoms with Crippen LogP contribution in [0.3, 0.4) is 0 Å². The molecule has 1 heterocycles. The van der Waals surface area contributed by atoms with Crippen LogP contribution in [0.25, 0.3) is 0 Å². The van der Waals surface area contributed by atoms with Crippen LogP contribution >= 0.6 is 24.8 Å². The van der Waals surface area contributed by atoms with Gasteiger partial charge >= 0.3 is 0 Å².